The molecule has 0 bridgehead atoms. The standard InChI is InChI=1S/C25H29FN6O5S/c1-3-12-29-38(36,37)32(15-18-8-10-20(26)11-9-18)31-24(34)17(2)30-25(35)23(28-16-33)13-19-14-27-22-7-5-4-6-21(19)22/h3-11,14,16-17,23,27,29H,1,12-13,15H2,2H3,(H,28,33)(H,30,35)(H,31,34). The van der Waals surface area contributed by atoms with Gasteiger partial charge in [-0.3, -0.25) is 19.8 Å². The fourth-order valence-corrected chi connectivity index (χ4v) is 4.62. The lowest BCUT2D eigenvalue weighted by Crippen LogP contribution is -2.57. The van der Waals surface area contributed by atoms with E-state index in [4.69, 9.17) is 0 Å². The van der Waals surface area contributed by atoms with Gasteiger partial charge >= 0.3 is 0 Å². The molecule has 0 fully saturated rings. The van der Waals surface area contributed by atoms with Crippen LogP contribution in [0, 0.1) is 5.82 Å². The number of para-hydroxylation sites is 1. The van der Waals surface area contributed by atoms with Crippen molar-refractivity contribution in [1.82, 2.24) is 30.2 Å². The van der Waals surface area contributed by atoms with E-state index in [9.17, 15) is 27.2 Å². The first-order valence-electron chi connectivity index (χ1n) is 11.6. The van der Waals surface area contributed by atoms with Crippen molar-refractivity contribution in [2.24, 2.45) is 0 Å². The molecule has 0 aliphatic carbocycles. The van der Waals surface area contributed by atoms with E-state index in [1.54, 1.807) is 6.20 Å². The van der Waals surface area contributed by atoms with E-state index in [-0.39, 0.29) is 19.5 Å². The van der Waals surface area contributed by atoms with Crippen LogP contribution in [0.2, 0.25) is 0 Å². The lowest BCUT2D eigenvalue weighted by Gasteiger charge is -2.25. The number of carbonyl (C=O) groups is 3. The smallest absolute Gasteiger partial charge is 0.297 e. The van der Waals surface area contributed by atoms with Gasteiger partial charge in [0.15, 0.2) is 0 Å². The van der Waals surface area contributed by atoms with Gasteiger partial charge in [0, 0.05) is 30.1 Å². The van der Waals surface area contributed by atoms with E-state index in [1.807, 2.05) is 24.3 Å². The third-order valence-electron chi connectivity index (χ3n) is 5.61. The molecule has 0 spiro atoms. The molecule has 11 nitrogen and oxygen atoms in total. The topological polar surface area (TPSA) is 152 Å². The number of aromatic nitrogens is 1. The highest BCUT2D eigenvalue weighted by molar-refractivity contribution is 7.87. The van der Waals surface area contributed by atoms with Crippen molar-refractivity contribution >= 4 is 39.3 Å². The zero-order valence-corrected chi connectivity index (χ0v) is 21.4. The fraction of sp³-hybridized carbons (Fsp3) is 0.240. The molecule has 0 aliphatic rings. The van der Waals surface area contributed by atoms with Crippen LogP contribution in [-0.2, 0) is 37.6 Å². The van der Waals surface area contributed by atoms with Crippen LogP contribution in [0.4, 0.5) is 4.39 Å². The van der Waals surface area contributed by atoms with E-state index < -0.39 is 39.9 Å². The number of nitrogens with zero attached hydrogens (tertiary/aromatic N) is 1. The molecule has 3 rings (SSSR count). The van der Waals surface area contributed by atoms with Gasteiger partial charge in [-0.2, -0.15) is 13.1 Å². The van der Waals surface area contributed by atoms with Gasteiger partial charge in [-0.15, -0.1) is 6.58 Å². The number of nitrogens with one attached hydrogen (secondary N) is 5. The summed E-state index contributed by atoms with van der Waals surface area (Å²) in [5, 5.41) is 5.85. The Balaban J connectivity index is 1.71. The normalized spacial score (nSPS) is 13.0. The fourth-order valence-electron chi connectivity index (χ4n) is 3.61. The maximum Gasteiger partial charge on any atom is 0.297 e. The molecule has 2 unspecified atom stereocenters. The Hall–Kier alpha value is -4.07. The Morgan fingerprint density at radius 3 is 2.53 bits per heavy atom. The summed E-state index contributed by atoms with van der Waals surface area (Å²) >= 11 is 0. The molecule has 0 saturated heterocycles. The molecule has 0 saturated carbocycles. The molecular formula is C25H29FN6O5S. The molecule has 3 aromatic rings. The number of carbonyl (C=O) groups excluding carboxylic acids is 3. The molecule has 5 N–H and O–H groups in total. The minimum absolute atomic E-state index is 0.0999. The number of hydrazine groups is 1. The number of hydrogen-bond donors (Lipinski definition) is 5. The summed E-state index contributed by atoms with van der Waals surface area (Å²) in [6.07, 6.45) is 3.61. The molecule has 0 radical (unpaired) electrons. The summed E-state index contributed by atoms with van der Waals surface area (Å²) in [7, 11) is -4.22. The highest BCUT2D eigenvalue weighted by Crippen LogP contribution is 2.19. The Labute approximate surface area is 219 Å². The summed E-state index contributed by atoms with van der Waals surface area (Å²) < 4.78 is 41.7. The van der Waals surface area contributed by atoms with Crippen molar-refractivity contribution in [3.8, 4) is 0 Å². The summed E-state index contributed by atoms with van der Waals surface area (Å²) in [5.74, 6) is -1.97. The summed E-state index contributed by atoms with van der Waals surface area (Å²) in [4.78, 5) is 40.1. The Morgan fingerprint density at radius 1 is 1.13 bits per heavy atom. The second-order valence-corrected chi connectivity index (χ2v) is 10.1. The number of hydrogen-bond acceptors (Lipinski definition) is 5. The predicted octanol–water partition coefficient (Wildman–Crippen LogP) is 1.02. The number of amides is 3. The molecule has 2 aromatic carbocycles. The Kier molecular flexibility index (Phi) is 9.71. The summed E-state index contributed by atoms with van der Waals surface area (Å²) in [6.45, 7) is 4.42. The number of benzene rings is 2. The van der Waals surface area contributed by atoms with E-state index >= 15 is 0 Å². The number of aromatic amines is 1. The molecular weight excluding hydrogens is 515 g/mol. The predicted molar refractivity (Wildman–Crippen MR) is 140 cm³/mol. The molecule has 3 amide bonds. The van der Waals surface area contributed by atoms with Gasteiger partial charge < -0.3 is 15.6 Å². The van der Waals surface area contributed by atoms with Crippen molar-refractivity contribution in [1.29, 1.82) is 0 Å². The van der Waals surface area contributed by atoms with Crippen LogP contribution in [0.25, 0.3) is 10.9 Å². The van der Waals surface area contributed by atoms with Gasteiger partial charge in [0.05, 0.1) is 6.54 Å². The molecule has 2 atom stereocenters. The largest absolute Gasteiger partial charge is 0.361 e. The van der Waals surface area contributed by atoms with Gasteiger partial charge in [-0.25, -0.2) is 4.39 Å². The van der Waals surface area contributed by atoms with Gasteiger partial charge in [0.25, 0.3) is 16.1 Å². The highest BCUT2D eigenvalue weighted by atomic mass is 32.2. The second-order valence-electron chi connectivity index (χ2n) is 8.38. The number of halogens is 1. The van der Waals surface area contributed by atoms with Crippen LogP contribution >= 0.6 is 0 Å². The van der Waals surface area contributed by atoms with Gasteiger partial charge in [0.2, 0.25) is 12.3 Å². The van der Waals surface area contributed by atoms with Crippen LogP contribution in [-0.4, -0.2) is 54.7 Å². The first-order valence-corrected chi connectivity index (χ1v) is 13.1. The van der Waals surface area contributed by atoms with Gasteiger partial charge in [0.1, 0.15) is 17.9 Å². The van der Waals surface area contributed by atoms with Crippen molar-refractivity contribution in [3.63, 3.8) is 0 Å². The van der Waals surface area contributed by atoms with Crippen LogP contribution < -0.4 is 20.8 Å². The zero-order valence-electron chi connectivity index (χ0n) is 20.6. The molecule has 38 heavy (non-hydrogen) atoms. The van der Waals surface area contributed by atoms with Gasteiger partial charge in [-0.05, 0) is 36.2 Å². The van der Waals surface area contributed by atoms with E-state index in [2.05, 4.69) is 32.3 Å². The maximum atomic E-state index is 13.3. The van der Waals surface area contributed by atoms with Crippen LogP contribution in [0.5, 0.6) is 0 Å². The third-order valence-corrected chi connectivity index (χ3v) is 6.94. The molecule has 1 heterocycles. The Bertz CT molecular complexity index is 1390. The quantitative estimate of drug-likeness (QED) is 0.117. The second kappa shape index (κ2) is 12.9. The molecule has 202 valence electrons. The van der Waals surface area contributed by atoms with E-state index in [1.165, 1.54) is 25.1 Å². The van der Waals surface area contributed by atoms with Crippen LogP contribution in [0.3, 0.4) is 0 Å². The first-order chi connectivity index (χ1) is 18.1. The van der Waals surface area contributed by atoms with Crippen molar-refractivity contribution in [2.45, 2.75) is 32.0 Å². The van der Waals surface area contributed by atoms with Crippen LogP contribution in [0.15, 0.2) is 67.4 Å². The van der Waals surface area contributed by atoms with Crippen molar-refractivity contribution < 1.29 is 27.2 Å². The number of H-pyrrole nitrogens is 1. The number of rotatable bonds is 14. The van der Waals surface area contributed by atoms with E-state index in [0.29, 0.717) is 16.4 Å². The first kappa shape index (κ1) is 28.5. The SMILES string of the molecule is C=CCNS(=O)(=O)N(Cc1ccc(F)cc1)NC(=O)C(C)NC(=O)C(Cc1c[nH]c2ccccc12)NC=O. The average molecular weight is 545 g/mol. The monoisotopic (exact) mass is 544 g/mol. The third kappa shape index (κ3) is 7.47. The zero-order chi connectivity index (χ0) is 27.7. The lowest BCUT2D eigenvalue weighted by molar-refractivity contribution is -0.131. The minimum atomic E-state index is -4.22. The minimum Gasteiger partial charge on any atom is -0.361 e. The summed E-state index contributed by atoms with van der Waals surface area (Å²) in [5.41, 5.74) is 4.34. The summed E-state index contributed by atoms with van der Waals surface area (Å²) in [6, 6.07) is 10.4. The van der Waals surface area contributed by atoms with Crippen LogP contribution in [0.1, 0.15) is 18.1 Å². The van der Waals surface area contributed by atoms with Gasteiger partial charge in [-0.1, -0.05) is 40.8 Å². The Morgan fingerprint density at radius 2 is 1.84 bits per heavy atom. The average Bonchev–Trinajstić information content (AvgIpc) is 3.30. The molecule has 0 aliphatic heterocycles. The molecule has 1 aromatic heterocycles. The molecule has 13 heteroatoms. The van der Waals surface area contributed by atoms with E-state index in [0.717, 1.165) is 28.6 Å². The van der Waals surface area contributed by atoms with Crippen molar-refractivity contribution in [2.75, 3.05) is 6.54 Å². The van der Waals surface area contributed by atoms with Crippen molar-refractivity contribution in [3.05, 3.63) is 84.3 Å². The lowest BCUT2D eigenvalue weighted by atomic mass is 10.0. The highest BCUT2D eigenvalue weighted by Gasteiger charge is 2.28. The maximum absolute atomic E-state index is 13.3. The number of fused-ring (bicyclic) bond motifs is 1.